The number of hydrogen-bond acceptors (Lipinski definition) is 3. The van der Waals surface area contributed by atoms with Gasteiger partial charge in [-0.25, -0.2) is 0 Å². The van der Waals surface area contributed by atoms with Crippen LogP contribution in [0.4, 0.5) is 5.69 Å². The SMILES string of the molecule is N#CC1(c2ccc(NN)cc2)CC1. The molecule has 1 aromatic carbocycles. The fourth-order valence-corrected chi connectivity index (χ4v) is 1.48. The number of hydrazine groups is 1. The van der Waals surface area contributed by atoms with Gasteiger partial charge in [-0.3, -0.25) is 5.84 Å². The van der Waals surface area contributed by atoms with E-state index < -0.39 is 0 Å². The third kappa shape index (κ3) is 1.25. The summed E-state index contributed by atoms with van der Waals surface area (Å²) in [6.07, 6.45) is 1.97. The highest BCUT2D eigenvalue weighted by molar-refractivity contribution is 5.48. The zero-order valence-electron chi connectivity index (χ0n) is 7.25. The minimum absolute atomic E-state index is 0.187. The van der Waals surface area contributed by atoms with E-state index in [1.54, 1.807) is 0 Å². The minimum Gasteiger partial charge on any atom is -0.324 e. The smallest absolute Gasteiger partial charge is 0.0823 e. The van der Waals surface area contributed by atoms with Crippen molar-refractivity contribution in [2.45, 2.75) is 18.3 Å². The molecule has 1 saturated carbocycles. The summed E-state index contributed by atoms with van der Waals surface area (Å²) in [5.74, 6) is 5.24. The molecule has 2 rings (SSSR count). The van der Waals surface area contributed by atoms with Crippen molar-refractivity contribution in [2.75, 3.05) is 5.43 Å². The third-order valence-corrected chi connectivity index (χ3v) is 2.57. The first-order valence-corrected chi connectivity index (χ1v) is 4.29. The topological polar surface area (TPSA) is 61.8 Å². The summed E-state index contributed by atoms with van der Waals surface area (Å²) in [4.78, 5) is 0. The summed E-state index contributed by atoms with van der Waals surface area (Å²) >= 11 is 0. The molecule has 0 unspecified atom stereocenters. The predicted octanol–water partition coefficient (Wildman–Crippen LogP) is 1.53. The molecule has 0 heterocycles. The van der Waals surface area contributed by atoms with Gasteiger partial charge in [-0.2, -0.15) is 5.26 Å². The largest absolute Gasteiger partial charge is 0.324 e. The van der Waals surface area contributed by atoms with Crippen molar-refractivity contribution in [3.8, 4) is 6.07 Å². The zero-order chi connectivity index (χ0) is 9.31. The average Bonchev–Trinajstić information content (AvgIpc) is 2.99. The van der Waals surface area contributed by atoms with E-state index in [0.29, 0.717) is 0 Å². The number of hydrogen-bond donors (Lipinski definition) is 2. The fraction of sp³-hybridized carbons (Fsp3) is 0.300. The summed E-state index contributed by atoms with van der Waals surface area (Å²) in [7, 11) is 0. The normalized spacial score (nSPS) is 17.5. The Morgan fingerprint density at radius 2 is 1.92 bits per heavy atom. The van der Waals surface area contributed by atoms with Gasteiger partial charge in [-0.05, 0) is 30.5 Å². The van der Waals surface area contributed by atoms with Crippen LogP contribution in [0.15, 0.2) is 24.3 Å². The molecular formula is C10H11N3. The van der Waals surface area contributed by atoms with E-state index in [9.17, 15) is 0 Å². The molecule has 0 aliphatic heterocycles. The standard InChI is InChI=1S/C10H11N3/c11-7-10(5-6-10)8-1-3-9(13-12)4-2-8/h1-4,13H,5-6,12H2. The van der Waals surface area contributed by atoms with E-state index in [2.05, 4.69) is 11.5 Å². The Hall–Kier alpha value is -1.53. The first-order valence-electron chi connectivity index (χ1n) is 4.29. The van der Waals surface area contributed by atoms with Crippen LogP contribution in [0.2, 0.25) is 0 Å². The molecule has 1 aromatic rings. The zero-order valence-corrected chi connectivity index (χ0v) is 7.25. The van der Waals surface area contributed by atoms with Crippen LogP contribution in [0, 0.1) is 11.3 Å². The minimum atomic E-state index is -0.187. The van der Waals surface area contributed by atoms with Gasteiger partial charge in [0.15, 0.2) is 0 Å². The van der Waals surface area contributed by atoms with E-state index >= 15 is 0 Å². The monoisotopic (exact) mass is 173 g/mol. The van der Waals surface area contributed by atoms with Crippen LogP contribution in [-0.2, 0) is 5.41 Å². The summed E-state index contributed by atoms with van der Waals surface area (Å²) in [6.45, 7) is 0. The van der Waals surface area contributed by atoms with Gasteiger partial charge in [0.05, 0.1) is 11.5 Å². The van der Waals surface area contributed by atoms with Crippen LogP contribution in [0.1, 0.15) is 18.4 Å². The third-order valence-electron chi connectivity index (χ3n) is 2.57. The Morgan fingerprint density at radius 3 is 2.31 bits per heavy atom. The fourth-order valence-electron chi connectivity index (χ4n) is 1.48. The van der Waals surface area contributed by atoms with Crippen LogP contribution in [0.5, 0.6) is 0 Å². The Balaban J connectivity index is 2.29. The van der Waals surface area contributed by atoms with Crippen molar-refractivity contribution < 1.29 is 0 Å². The van der Waals surface area contributed by atoms with E-state index in [4.69, 9.17) is 11.1 Å². The Labute approximate surface area is 77.1 Å². The highest BCUT2D eigenvalue weighted by Crippen LogP contribution is 2.47. The van der Waals surface area contributed by atoms with Crippen LogP contribution in [0.3, 0.4) is 0 Å². The lowest BCUT2D eigenvalue weighted by atomic mass is 9.98. The number of anilines is 1. The molecule has 0 spiro atoms. The van der Waals surface area contributed by atoms with Crippen molar-refractivity contribution in [1.29, 1.82) is 5.26 Å². The van der Waals surface area contributed by atoms with Gasteiger partial charge >= 0.3 is 0 Å². The summed E-state index contributed by atoms with van der Waals surface area (Å²) in [5.41, 5.74) is 4.35. The number of rotatable bonds is 2. The molecule has 1 aliphatic rings. The Kier molecular flexibility index (Phi) is 1.71. The van der Waals surface area contributed by atoms with E-state index in [1.165, 1.54) is 0 Å². The molecular weight excluding hydrogens is 162 g/mol. The van der Waals surface area contributed by atoms with Gasteiger partial charge in [0, 0.05) is 5.69 Å². The molecule has 3 nitrogen and oxygen atoms in total. The summed E-state index contributed by atoms with van der Waals surface area (Å²) in [5, 5.41) is 8.95. The van der Waals surface area contributed by atoms with Crippen molar-refractivity contribution in [2.24, 2.45) is 5.84 Å². The van der Waals surface area contributed by atoms with Gasteiger partial charge in [-0.1, -0.05) is 12.1 Å². The van der Waals surface area contributed by atoms with Crippen molar-refractivity contribution in [3.63, 3.8) is 0 Å². The van der Waals surface area contributed by atoms with Crippen molar-refractivity contribution in [1.82, 2.24) is 0 Å². The molecule has 0 aromatic heterocycles. The first-order chi connectivity index (χ1) is 6.30. The molecule has 0 saturated heterocycles. The van der Waals surface area contributed by atoms with Gasteiger partial charge in [0.25, 0.3) is 0 Å². The maximum absolute atomic E-state index is 8.95. The van der Waals surface area contributed by atoms with Gasteiger partial charge in [0.2, 0.25) is 0 Å². The molecule has 0 radical (unpaired) electrons. The first kappa shape index (κ1) is 8.09. The number of nitrogens with zero attached hydrogens (tertiary/aromatic N) is 1. The highest BCUT2D eigenvalue weighted by atomic mass is 15.2. The second-order valence-corrected chi connectivity index (χ2v) is 3.42. The second kappa shape index (κ2) is 2.75. The van der Waals surface area contributed by atoms with Crippen LogP contribution in [-0.4, -0.2) is 0 Å². The maximum Gasteiger partial charge on any atom is 0.0823 e. The van der Waals surface area contributed by atoms with Crippen molar-refractivity contribution in [3.05, 3.63) is 29.8 Å². The van der Waals surface area contributed by atoms with E-state index in [1.807, 2.05) is 24.3 Å². The number of nitrogens with two attached hydrogens (primary N) is 1. The van der Waals surface area contributed by atoms with Gasteiger partial charge in [0.1, 0.15) is 0 Å². The van der Waals surface area contributed by atoms with Crippen molar-refractivity contribution >= 4 is 5.69 Å². The van der Waals surface area contributed by atoms with Crippen LogP contribution >= 0.6 is 0 Å². The Bertz CT molecular complexity index is 343. The number of nitrogen functional groups attached to an aromatic ring is 1. The lowest BCUT2D eigenvalue weighted by Crippen LogP contribution is -2.07. The molecule has 0 bridgehead atoms. The van der Waals surface area contributed by atoms with Crippen LogP contribution < -0.4 is 11.3 Å². The quantitative estimate of drug-likeness (QED) is 0.526. The maximum atomic E-state index is 8.95. The lowest BCUT2D eigenvalue weighted by Gasteiger charge is -2.06. The lowest BCUT2D eigenvalue weighted by molar-refractivity contribution is 0.908. The molecule has 1 aliphatic carbocycles. The number of benzene rings is 1. The molecule has 13 heavy (non-hydrogen) atoms. The van der Waals surface area contributed by atoms with E-state index in [0.717, 1.165) is 24.1 Å². The van der Waals surface area contributed by atoms with Crippen LogP contribution in [0.25, 0.3) is 0 Å². The second-order valence-electron chi connectivity index (χ2n) is 3.42. The number of nitrogens with one attached hydrogen (secondary N) is 1. The predicted molar refractivity (Wildman–Crippen MR) is 50.8 cm³/mol. The molecule has 0 amide bonds. The summed E-state index contributed by atoms with van der Waals surface area (Å²) < 4.78 is 0. The van der Waals surface area contributed by atoms with Gasteiger partial charge < -0.3 is 5.43 Å². The molecule has 3 heteroatoms. The summed E-state index contributed by atoms with van der Waals surface area (Å²) in [6, 6.07) is 10.1. The molecule has 66 valence electrons. The molecule has 0 atom stereocenters. The average molecular weight is 173 g/mol. The van der Waals surface area contributed by atoms with Gasteiger partial charge in [-0.15, -0.1) is 0 Å². The number of nitriles is 1. The molecule has 3 N–H and O–H groups in total. The highest BCUT2D eigenvalue weighted by Gasteiger charge is 2.44. The van der Waals surface area contributed by atoms with E-state index in [-0.39, 0.29) is 5.41 Å². The molecule has 1 fully saturated rings. The Morgan fingerprint density at radius 1 is 1.31 bits per heavy atom.